The van der Waals surface area contributed by atoms with Crippen molar-refractivity contribution in [3.63, 3.8) is 0 Å². The van der Waals surface area contributed by atoms with E-state index >= 15 is 0 Å². The molecular weight excluding hydrogens is 238 g/mol. The van der Waals surface area contributed by atoms with Gasteiger partial charge in [0.1, 0.15) is 5.75 Å². The lowest BCUT2D eigenvalue weighted by atomic mass is 9.99. The third-order valence-corrected chi connectivity index (χ3v) is 3.53. The summed E-state index contributed by atoms with van der Waals surface area (Å²) < 4.78 is 11.6. The minimum atomic E-state index is 0.213. The Bertz CT molecular complexity index is 373. The molecule has 0 spiro atoms. The quantitative estimate of drug-likeness (QED) is 0.780. The van der Waals surface area contributed by atoms with Gasteiger partial charge in [-0.15, -0.1) is 0 Å². The average molecular weight is 263 g/mol. The number of ether oxygens (including phenoxy) is 2. The third kappa shape index (κ3) is 3.95. The highest BCUT2D eigenvalue weighted by atomic mass is 16.5. The Kier molecular flexibility index (Phi) is 5.23. The van der Waals surface area contributed by atoms with Crippen molar-refractivity contribution in [1.29, 1.82) is 0 Å². The highest BCUT2D eigenvalue weighted by Gasteiger charge is 2.24. The van der Waals surface area contributed by atoms with Gasteiger partial charge in [-0.3, -0.25) is 0 Å². The number of likely N-dealkylation sites (N-methyl/N-ethyl adjacent to an activating group) is 1. The van der Waals surface area contributed by atoms with Crippen LogP contribution in [0.25, 0.3) is 0 Å². The van der Waals surface area contributed by atoms with Crippen molar-refractivity contribution in [1.82, 2.24) is 5.32 Å². The highest BCUT2D eigenvalue weighted by Crippen LogP contribution is 2.28. The van der Waals surface area contributed by atoms with E-state index in [2.05, 4.69) is 36.5 Å². The molecule has 2 atom stereocenters. The lowest BCUT2D eigenvalue weighted by Crippen LogP contribution is -2.31. The fourth-order valence-corrected chi connectivity index (χ4v) is 2.36. The summed E-state index contributed by atoms with van der Waals surface area (Å²) >= 11 is 0. The molecule has 1 fully saturated rings. The van der Waals surface area contributed by atoms with Crippen LogP contribution in [0, 0.1) is 0 Å². The van der Waals surface area contributed by atoms with E-state index in [0.717, 1.165) is 18.8 Å². The Hall–Kier alpha value is -1.06. The van der Waals surface area contributed by atoms with Crippen LogP contribution < -0.4 is 10.1 Å². The molecule has 1 aliphatic carbocycles. The predicted molar refractivity (Wildman–Crippen MR) is 77.6 cm³/mol. The summed E-state index contributed by atoms with van der Waals surface area (Å²) in [5, 5.41) is 3.36. The van der Waals surface area contributed by atoms with Gasteiger partial charge < -0.3 is 14.8 Å². The van der Waals surface area contributed by atoms with Gasteiger partial charge in [0.2, 0.25) is 0 Å². The Balaban J connectivity index is 2.03. The lowest BCUT2D eigenvalue weighted by molar-refractivity contribution is 0.0334. The Morgan fingerprint density at radius 2 is 1.89 bits per heavy atom. The summed E-state index contributed by atoms with van der Waals surface area (Å²) in [6.45, 7) is 4.96. The summed E-state index contributed by atoms with van der Waals surface area (Å²) in [6.07, 6.45) is 4.06. The van der Waals surface area contributed by atoms with Crippen LogP contribution in [0.5, 0.6) is 5.75 Å². The average Bonchev–Trinajstić information content (AvgIpc) is 3.24. The molecule has 0 aromatic heterocycles. The molecule has 0 bridgehead atoms. The van der Waals surface area contributed by atoms with Gasteiger partial charge in [0.15, 0.2) is 0 Å². The first kappa shape index (κ1) is 14.4. The van der Waals surface area contributed by atoms with Crippen LogP contribution in [0.1, 0.15) is 44.7 Å². The summed E-state index contributed by atoms with van der Waals surface area (Å²) in [7, 11) is 1.99. The van der Waals surface area contributed by atoms with Gasteiger partial charge in [0.05, 0.1) is 18.2 Å². The number of nitrogens with one attached hydrogen (secondary N) is 1. The van der Waals surface area contributed by atoms with Gasteiger partial charge in [-0.1, -0.05) is 19.1 Å². The van der Waals surface area contributed by atoms with Gasteiger partial charge in [0.25, 0.3) is 0 Å². The van der Waals surface area contributed by atoms with E-state index in [4.69, 9.17) is 9.47 Å². The molecular formula is C16H25NO2. The van der Waals surface area contributed by atoms with Gasteiger partial charge in [0, 0.05) is 6.61 Å². The standard InChI is InChI=1S/C16H25NO2/c1-4-15(18-5-2)16(17-3)12-6-8-13(9-7-12)19-14-10-11-14/h6-9,14-17H,4-5,10-11H2,1-3H3. The molecule has 3 nitrogen and oxygen atoms in total. The van der Waals surface area contributed by atoms with Crippen molar-refractivity contribution in [2.45, 2.75) is 51.4 Å². The Morgan fingerprint density at radius 3 is 2.37 bits per heavy atom. The van der Waals surface area contributed by atoms with Gasteiger partial charge in [-0.05, 0) is 50.9 Å². The normalized spacial score (nSPS) is 18.1. The van der Waals surface area contributed by atoms with E-state index in [1.165, 1.54) is 18.4 Å². The molecule has 2 unspecified atom stereocenters. The van der Waals surface area contributed by atoms with E-state index in [1.54, 1.807) is 0 Å². The van der Waals surface area contributed by atoms with Crippen LogP contribution in [-0.4, -0.2) is 25.9 Å². The van der Waals surface area contributed by atoms with Crippen LogP contribution in [-0.2, 0) is 4.74 Å². The van der Waals surface area contributed by atoms with Crippen LogP contribution in [0.2, 0.25) is 0 Å². The maximum absolute atomic E-state index is 5.81. The molecule has 1 aromatic carbocycles. The second-order valence-electron chi connectivity index (χ2n) is 5.05. The molecule has 1 aromatic rings. The zero-order valence-electron chi connectivity index (χ0n) is 12.2. The first-order valence-electron chi connectivity index (χ1n) is 7.34. The maximum atomic E-state index is 5.81. The highest BCUT2D eigenvalue weighted by molar-refractivity contribution is 5.30. The molecule has 3 heteroatoms. The number of benzene rings is 1. The van der Waals surface area contributed by atoms with Crippen LogP contribution >= 0.6 is 0 Å². The monoisotopic (exact) mass is 263 g/mol. The topological polar surface area (TPSA) is 30.5 Å². The number of hydrogen-bond acceptors (Lipinski definition) is 3. The summed E-state index contributed by atoms with van der Waals surface area (Å²) in [5.41, 5.74) is 1.26. The molecule has 1 aliphatic rings. The van der Waals surface area contributed by atoms with E-state index in [9.17, 15) is 0 Å². The summed E-state index contributed by atoms with van der Waals surface area (Å²) in [4.78, 5) is 0. The van der Waals surface area contributed by atoms with Crippen molar-refractivity contribution >= 4 is 0 Å². The van der Waals surface area contributed by atoms with Crippen LogP contribution in [0.4, 0.5) is 0 Å². The predicted octanol–water partition coefficient (Wildman–Crippen LogP) is 3.30. The van der Waals surface area contributed by atoms with Gasteiger partial charge in [-0.25, -0.2) is 0 Å². The largest absolute Gasteiger partial charge is 0.490 e. The first-order valence-corrected chi connectivity index (χ1v) is 7.34. The van der Waals surface area contributed by atoms with Crippen molar-refractivity contribution in [2.24, 2.45) is 0 Å². The second kappa shape index (κ2) is 6.92. The molecule has 19 heavy (non-hydrogen) atoms. The summed E-state index contributed by atoms with van der Waals surface area (Å²) in [5.74, 6) is 0.977. The smallest absolute Gasteiger partial charge is 0.119 e. The number of hydrogen-bond donors (Lipinski definition) is 1. The van der Waals surface area contributed by atoms with E-state index in [1.807, 2.05) is 14.0 Å². The lowest BCUT2D eigenvalue weighted by Gasteiger charge is -2.26. The van der Waals surface area contributed by atoms with E-state index in [0.29, 0.717) is 6.10 Å². The minimum absolute atomic E-state index is 0.213. The van der Waals surface area contributed by atoms with E-state index in [-0.39, 0.29) is 12.1 Å². The minimum Gasteiger partial charge on any atom is -0.490 e. The van der Waals surface area contributed by atoms with E-state index < -0.39 is 0 Å². The molecule has 2 rings (SSSR count). The third-order valence-electron chi connectivity index (χ3n) is 3.53. The van der Waals surface area contributed by atoms with Gasteiger partial charge >= 0.3 is 0 Å². The van der Waals surface area contributed by atoms with Crippen LogP contribution in [0.3, 0.4) is 0 Å². The Morgan fingerprint density at radius 1 is 1.21 bits per heavy atom. The molecule has 0 radical (unpaired) electrons. The van der Waals surface area contributed by atoms with Crippen molar-refractivity contribution in [2.75, 3.05) is 13.7 Å². The van der Waals surface area contributed by atoms with Crippen LogP contribution in [0.15, 0.2) is 24.3 Å². The zero-order valence-corrected chi connectivity index (χ0v) is 12.2. The fraction of sp³-hybridized carbons (Fsp3) is 0.625. The molecule has 0 saturated heterocycles. The SMILES string of the molecule is CCOC(CC)C(NC)c1ccc(OC2CC2)cc1. The molecule has 106 valence electrons. The van der Waals surface area contributed by atoms with Crippen molar-refractivity contribution in [3.05, 3.63) is 29.8 Å². The van der Waals surface area contributed by atoms with Gasteiger partial charge in [-0.2, -0.15) is 0 Å². The Labute approximate surface area is 116 Å². The van der Waals surface area contributed by atoms with Crippen molar-refractivity contribution in [3.8, 4) is 5.75 Å². The first-order chi connectivity index (χ1) is 9.28. The second-order valence-corrected chi connectivity index (χ2v) is 5.05. The molecule has 0 amide bonds. The molecule has 0 aliphatic heterocycles. The summed E-state index contributed by atoms with van der Waals surface area (Å²) in [6, 6.07) is 8.65. The maximum Gasteiger partial charge on any atom is 0.119 e. The molecule has 1 N–H and O–H groups in total. The molecule has 0 heterocycles. The van der Waals surface area contributed by atoms with Crippen molar-refractivity contribution < 1.29 is 9.47 Å². The zero-order chi connectivity index (χ0) is 13.7. The molecule has 1 saturated carbocycles. The number of rotatable bonds is 8. The fourth-order valence-electron chi connectivity index (χ4n) is 2.36.